The molecule has 1 heterocycles. The fourth-order valence-electron chi connectivity index (χ4n) is 2.62. The van der Waals surface area contributed by atoms with Gasteiger partial charge in [-0.3, -0.25) is 4.79 Å². The van der Waals surface area contributed by atoms with Gasteiger partial charge in [0.25, 0.3) is 5.91 Å². The lowest BCUT2D eigenvalue weighted by Gasteiger charge is -2.11. The Balaban J connectivity index is 1.62. The summed E-state index contributed by atoms with van der Waals surface area (Å²) in [5.41, 5.74) is 2.35. The highest BCUT2D eigenvalue weighted by Crippen LogP contribution is 2.18. The van der Waals surface area contributed by atoms with Crippen molar-refractivity contribution in [3.8, 4) is 0 Å². The molecule has 0 saturated heterocycles. The van der Waals surface area contributed by atoms with Crippen molar-refractivity contribution in [3.63, 3.8) is 0 Å². The zero-order chi connectivity index (χ0) is 14.5. The summed E-state index contributed by atoms with van der Waals surface area (Å²) in [7, 11) is 0. The fraction of sp³-hybridized carbons (Fsp3) is 0.294. The van der Waals surface area contributed by atoms with Crippen LogP contribution in [0.4, 0.5) is 11.4 Å². The molecule has 108 valence electrons. The fourth-order valence-corrected chi connectivity index (χ4v) is 2.62. The highest BCUT2D eigenvalue weighted by Gasteiger charge is 2.18. The van der Waals surface area contributed by atoms with Crippen LogP contribution in [0.25, 0.3) is 0 Å². The number of para-hydroxylation sites is 1. The Morgan fingerprint density at radius 3 is 2.43 bits per heavy atom. The van der Waals surface area contributed by atoms with E-state index in [9.17, 15) is 4.79 Å². The number of pyridine rings is 1. The van der Waals surface area contributed by atoms with E-state index in [-0.39, 0.29) is 5.91 Å². The van der Waals surface area contributed by atoms with Gasteiger partial charge in [0, 0.05) is 11.7 Å². The van der Waals surface area contributed by atoms with E-state index in [2.05, 4.69) is 15.6 Å². The number of hydrogen-bond acceptors (Lipinski definition) is 3. The Hall–Kier alpha value is -2.36. The third-order valence-corrected chi connectivity index (χ3v) is 3.75. The molecular weight excluding hydrogens is 262 g/mol. The first-order chi connectivity index (χ1) is 10.3. The molecule has 0 radical (unpaired) electrons. The van der Waals surface area contributed by atoms with Crippen molar-refractivity contribution in [2.45, 2.75) is 31.7 Å². The van der Waals surface area contributed by atoms with E-state index in [0.29, 0.717) is 11.7 Å². The third-order valence-electron chi connectivity index (χ3n) is 3.75. The van der Waals surface area contributed by atoms with Crippen LogP contribution >= 0.6 is 0 Å². The standard InChI is InChI=1S/C17H19N3O/c21-17(20-14-8-4-5-9-14)16-11-10-15(12-18-16)19-13-6-2-1-3-7-13/h1-3,6-7,10-12,14,19H,4-5,8-9H2,(H,20,21). The van der Waals surface area contributed by atoms with Crippen molar-refractivity contribution in [3.05, 3.63) is 54.4 Å². The van der Waals surface area contributed by atoms with Crippen LogP contribution in [0.5, 0.6) is 0 Å². The number of aromatic nitrogens is 1. The molecule has 0 bridgehead atoms. The average molecular weight is 281 g/mol. The summed E-state index contributed by atoms with van der Waals surface area (Å²) in [6.45, 7) is 0. The Labute approximate surface area is 124 Å². The summed E-state index contributed by atoms with van der Waals surface area (Å²) in [6, 6.07) is 13.8. The molecule has 1 fully saturated rings. The van der Waals surface area contributed by atoms with Crippen LogP contribution in [0.1, 0.15) is 36.2 Å². The zero-order valence-corrected chi connectivity index (χ0v) is 11.9. The van der Waals surface area contributed by atoms with E-state index in [0.717, 1.165) is 24.2 Å². The molecule has 1 amide bonds. The Bertz CT molecular complexity index is 589. The topological polar surface area (TPSA) is 54.0 Å². The number of carbonyl (C=O) groups excluding carboxylic acids is 1. The highest BCUT2D eigenvalue weighted by molar-refractivity contribution is 5.92. The number of hydrogen-bond donors (Lipinski definition) is 2. The number of carbonyl (C=O) groups is 1. The van der Waals surface area contributed by atoms with Gasteiger partial charge in [-0.2, -0.15) is 0 Å². The number of benzene rings is 1. The first-order valence-corrected chi connectivity index (χ1v) is 7.40. The minimum Gasteiger partial charge on any atom is -0.354 e. The van der Waals surface area contributed by atoms with Gasteiger partial charge < -0.3 is 10.6 Å². The van der Waals surface area contributed by atoms with E-state index in [1.54, 1.807) is 12.3 Å². The average Bonchev–Trinajstić information content (AvgIpc) is 3.02. The molecule has 4 heteroatoms. The van der Waals surface area contributed by atoms with Crippen molar-refractivity contribution in [1.29, 1.82) is 0 Å². The summed E-state index contributed by atoms with van der Waals surface area (Å²) < 4.78 is 0. The first kappa shape index (κ1) is 13.6. The molecular formula is C17H19N3O. The van der Waals surface area contributed by atoms with Crippen LogP contribution in [0.15, 0.2) is 48.7 Å². The molecule has 0 aliphatic heterocycles. The van der Waals surface area contributed by atoms with Crippen molar-refractivity contribution < 1.29 is 4.79 Å². The smallest absolute Gasteiger partial charge is 0.270 e. The van der Waals surface area contributed by atoms with Gasteiger partial charge in [-0.25, -0.2) is 4.98 Å². The van der Waals surface area contributed by atoms with Crippen molar-refractivity contribution in [2.75, 3.05) is 5.32 Å². The predicted octanol–water partition coefficient (Wildman–Crippen LogP) is 3.50. The first-order valence-electron chi connectivity index (χ1n) is 7.40. The SMILES string of the molecule is O=C(NC1CCCC1)c1ccc(Nc2ccccc2)cn1. The second kappa shape index (κ2) is 6.39. The molecule has 1 saturated carbocycles. The molecule has 1 aromatic carbocycles. The van der Waals surface area contributed by atoms with Crippen molar-refractivity contribution in [1.82, 2.24) is 10.3 Å². The largest absolute Gasteiger partial charge is 0.354 e. The summed E-state index contributed by atoms with van der Waals surface area (Å²) in [6.07, 6.45) is 6.27. The molecule has 21 heavy (non-hydrogen) atoms. The normalized spacial score (nSPS) is 14.9. The molecule has 1 aliphatic rings. The second-order valence-electron chi connectivity index (χ2n) is 5.38. The maximum absolute atomic E-state index is 12.1. The van der Waals surface area contributed by atoms with Gasteiger partial charge in [0.15, 0.2) is 0 Å². The summed E-state index contributed by atoms with van der Waals surface area (Å²) >= 11 is 0. The van der Waals surface area contributed by atoms with E-state index in [1.165, 1.54) is 12.8 Å². The molecule has 0 atom stereocenters. The summed E-state index contributed by atoms with van der Waals surface area (Å²) in [5.74, 6) is -0.0758. The van der Waals surface area contributed by atoms with E-state index in [1.807, 2.05) is 36.4 Å². The van der Waals surface area contributed by atoms with E-state index < -0.39 is 0 Å². The third kappa shape index (κ3) is 3.60. The van der Waals surface area contributed by atoms with E-state index in [4.69, 9.17) is 0 Å². The Morgan fingerprint density at radius 2 is 1.76 bits per heavy atom. The van der Waals surface area contributed by atoms with Gasteiger partial charge in [0.05, 0.1) is 11.9 Å². The van der Waals surface area contributed by atoms with Gasteiger partial charge in [-0.1, -0.05) is 31.0 Å². The number of rotatable bonds is 4. The number of anilines is 2. The van der Waals surface area contributed by atoms with Gasteiger partial charge in [-0.15, -0.1) is 0 Å². The predicted molar refractivity (Wildman–Crippen MR) is 83.7 cm³/mol. The molecule has 2 aromatic rings. The minimum atomic E-state index is -0.0758. The molecule has 0 spiro atoms. The van der Waals surface area contributed by atoms with Gasteiger partial charge >= 0.3 is 0 Å². The molecule has 1 aliphatic carbocycles. The van der Waals surface area contributed by atoms with Crippen molar-refractivity contribution in [2.24, 2.45) is 0 Å². The summed E-state index contributed by atoms with van der Waals surface area (Å²) in [4.78, 5) is 16.3. The highest BCUT2D eigenvalue weighted by atomic mass is 16.1. The van der Waals surface area contributed by atoms with Crippen LogP contribution in [-0.4, -0.2) is 16.9 Å². The van der Waals surface area contributed by atoms with Crippen LogP contribution in [0.3, 0.4) is 0 Å². The number of nitrogens with zero attached hydrogens (tertiary/aromatic N) is 1. The van der Waals surface area contributed by atoms with Crippen LogP contribution in [-0.2, 0) is 0 Å². The second-order valence-corrected chi connectivity index (χ2v) is 5.38. The maximum atomic E-state index is 12.1. The quantitative estimate of drug-likeness (QED) is 0.902. The lowest BCUT2D eigenvalue weighted by Crippen LogP contribution is -2.33. The van der Waals surface area contributed by atoms with Crippen molar-refractivity contribution >= 4 is 17.3 Å². The lowest BCUT2D eigenvalue weighted by atomic mass is 10.2. The number of amides is 1. The zero-order valence-electron chi connectivity index (χ0n) is 11.9. The molecule has 0 unspecified atom stereocenters. The van der Waals surface area contributed by atoms with Gasteiger partial charge in [-0.05, 0) is 37.1 Å². The minimum absolute atomic E-state index is 0.0758. The van der Waals surface area contributed by atoms with Crippen LogP contribution in [0, 0.1) is 0 Å². The number of nitrogens with one attached hydrogen (secondary N) is 2. The van der Waals surface area contributed by atoms with Gasteiger partial charge in [0.1, 0.15) is 5.69 Å². The Morgan fingerprint density at radius 1 is 1.00 bits per heavy atom. The van der Waals surface area contributed by atoms with E-state index >= 15 is 0 Å². The monoisotopic (exact) mass is 281 g/mol. The van der Waals surface area contributed by atoms with Gasteiger partial charge in [0.2, 0.25) is 0 Å². The maximum Gasteiger partial charge on any atom is 0.270 e. The lowest BCUT2D eigenvalue weighted by molar-refractivity contribution is 0.0933. The summed E-state index contributed by atoms with van der Waals surface area (Å²) in [5, 5.41) is 6.29. The Kier molecular flexibility index (Phi) is 4.15. The molecule has 1 aromatic heterocycles. The molecule has 4 nitrogen and oxygen atoms in total. The molecule has 2 N–H and O–H groups in total. The van der Waals surface area contributed by atoms with Crippen LogP contribution in [0.2, 0.25) is 0 Å². The molecule has 3 rings (SSSR count). The van der Waals surface area contributed by atoms with Crippen LogP contribution < -0.4 is 10.6 Å².